The third-order valence-electron chi connectivity index (χ3n) is 5.74. The van der Waals surface area contributed by atoms with Crippen LogP contribution in [0.4, 0.5) is 30.2 Å². The molecule has 2 heterocycles. The Morgan fingerprint density at radius 2 is 1.71 bits per heavy atom. The minimum absolute atomic E-state index is 0.0920. The summed E-state index contributed by atoms with van der Waals surface area (Å²) in [7, 11) is 1.68. The average Bonchev–Trinajstić information content (AvgIpc) is 3.32. The maximum atomic E-state index is 14.1. The van der Waals surface area contributed by atoms with Gasteiger partial charge in [-0.2, -0.15) is 5.26 Å². The predicted octanol–water partition coefficient (Wildman–Crippen LogP) is 6.90. The number of aromatic nitrogens is 4. The molecular weight excluding hydrogens is 538 g/mol. The van der Waals surface area contributed by atoms with Gasteiger partial charge in [0.25, 0.3) is 0 Å². The van der Waals surface area contributed by atoms with Crippen molar-refractivity contribution in [3.8, 4) is 6.07 Å². The van der Waals surface area contributed by atoms with E-state index in [0.717, 1.165) is 12.1 Å². The molecule has 0 aliphatic rings. The highest BCUT2D eigenvalue weighted by molar-refractivity contribution is 6.36. The number of fused-ring (bicyclic) bond motifs is 1. The van der Waals surface area contributed by atoms with Crippen molar-refractivity contribution in [1.29, 1.82) is 5.26 Å². The molecule has 3 aromatic carbocycles. The van der Waals surface area contributed by atoms with Gasteiger partial charge in [-0.05, 0) is 48.0 Å². The van der Waals surface area contributed by atoms with E-state index in [1.54, 1.807) is 25.4 Å². The third kappa shape index (κ3) is 4.94. The Hall–Kier alpha value is -4.33. The molecule has 1 atom stereocenters. The molecule has 5 rings (SSSR count). The van der Waals surface area contributed by atoms with Crippen LogP contribution in [0.15, 0.2) is 60.9 Å². The van der Waals surface area contributed by atoms with E-state index in [2.05, 4.69) is 32.0 Å². The second-order valence-electron chi connectivity index (χ2n) is 8.33. The fourth-order valence-electron chi connectivity index (χ4n) is 3.96. The van der Waals surface area contributed by atoms with Crippen molar-refractivity contribution in [3.63, 3.8) is 0 Å². The molecule has 190 valence electrons. The number of hydrogen-bond acceptors (Lipinski definition) is 6. The second kappa shape index (κ2) is 10.2. The van der Waals surface area contributed by atoms with E-state index in [9.17, 15) is 18.4 Å². The molecule has 0 amide bonds. The SMILES string of the molecule is Cn1cc(C(Nc2cc(Cl)c3ncc(C#N)c(Nc4ccc(F)c(Cl)c4)c3c2)c2ccc(F)c(F)c2)nn1. The van der Waals surface area contributed by atoms with Gasteiger partial charge in [-0.1, -0.05) is 34.5 Å². The number of aryl methyl sites for hydroxylation is 1. The predicted molar refractivity (Wildman–Crippen MR) is 139 cm³/mol. The van der Waals surface area contributed by atoms with Crippen molar-refractivity contribution in [1.82, 2.24) is 20.0 Å². The summed E-state index contributed by atoms with van der Waals surface area (Å²) in [5.74, 6) is -2.58. The number of nitriles is 1. The number of pyridine rings is 1. The highest BCUT2D eigenvalue weighted by atomic mass is 35.5. The quantitative estimate of drug-likeness (QED) is 0.237. The van der Waals surface area contributed by atoms with Crippen LogP contribution in [0.3, 0.4) is 0 Å². The first-order valence-electron chi connectivity index (χ1n) is 11.1. The topological polar surface area (TPSA) is 91.5 Å². The minimum Gasteiger partial charge on any atom is -0.373 e. The van der Waals surface area contributed by atoms with Crippen LogP contribution >= 0.6 is 23.2 Å². The summed E-state index contributed by atoms with van der Waals surface area (Å²) in [6, 6.07) is 12.3. The van der Waals surface area contributed by atoms with Gasteiger partial charge in [0.2, 0.25) is 0 Å². The highest BCUT2D eigenvalue weighted by Crippen LogP contribution is 2.37. The first-order chi connectivity index (χ1) is 18.2. The zero-order valence-electron chi connectivity index (χ0n) is 19.5. The van der Waals surface area contributed by atoms with Gasteiger partial charge >= 0.3 is 0 Å². The first kappa shape index (κ1) is 25.3. The maximum Gasteiger partial charge on any atom is 0.159 e. The van der Waals surface area contributed by atoms with Gasteiger partial charge in [-0.15, -0.1) is 5.10 Å². The molecule has 0 spiro atoms. The monoisotopic (exact) mass is 553 g/mol. The molecule has 7 nitrogen and oxygen atoms in total. The van der Waals surface area contributed by atoms with E-state index >= 15 is 0 Å². The van der Waals surface area contributed by atoms with E-state index in [1.807, 2.05) is 0 Å². The number of anilines is 3. The zero-order chi connectivity index (χ0) is 27.0. The standard InChI is InChI=1S/C26H16Cl2F3N7/c1-38-12-23(36-37-38)25(13-2-4-21(30)22(31)6-13)35-16-7-17-24(34-15-3-5-20(29)18(27)8-15)14(10-32)11-33-26(17)19(28)9-16/h2-9,11-12,25,35H,1H3,(H,33,34). The number of benzene rings is 3. The van der Waals surface area contributed by atoms with Gasteiger partial charge in [0, 0.05) is 30.0 Å². The maximum absolute atomic E-state index is 14.1. The van der Waals surface area contributed by atoms with Gasteiger partial charge in [0.1, 0.15) is 17.6 Å². The van der Waals surface area contributed by atoms with Crippen LogP contribution in [0.5, 0.6) is 0 Å². The smallest absolute Gasteiger partial charge is 0.159 e. The molecule has 0 aliphatic heterocycles. The molecule has 0 bridgehead atoms. The van der Waals surface area contributed by atoms with Crippen molar-refractivity contribution in [3.05, 3.63) is 105 Å². The van der Waals surface area contributed by atoms with E-state index in [4.69, 9.17) is 23.2 Å². The Morgan fingerprint density at radius 3 is 2.39 bits per heavy atom. The summed E-state index contributed by atoms with van der Waals surface area (Å²) >= 11 is 12.5. The molecule has 38 heavy (non-hydrogen) atoms. The zero-order valence-corrected chi connectivity index (χ0v) is 21.0. The number of nitrogens with one attached hydrogen (secondary N) is 2. The van der Waals surface area contributed by atoms with Crippen molar-refractivity contribution in [2.75, 3.05) is 10.6 Å². The van der Waals surface area contributed by atoms with Crippen molar-refractivity contribution < 1.29 is 13.2 Å². The number of rotatable bonds is 6. The van der Waals surface area contributed by atoms with Crippen LogP contribution in [0.2, 0.25) is 10.0 Å². The lowest BCUT2D eigenvalue weighted by Crippen LogP contribution is -2.14. The van der Waals surface area contributed by atoms with Gasteiger partial charge in [-0.25, -0.2) is 13.2 Å². The van der Waals surface area contributed by atoms with E-state index < -0.39 is 23.5 Å². The van der Waals surface area contributed by atoms with Gasteiger partial charge in [0.05, 0.1) is 39.1 Å². The Labute approximate surface area is 224 Å². The fourth-order valence-corrected chi connectivity index (χ4v) is 4.41. The molecule has 0 saturated heterocycles. The van der Waals surface area contributed by atoms with Crippen molar-refractivity contribution in [2.24, 2.45) is 7.05 Å². The number of nitrogens with zero attached hydrogens (tertiary/aromatic N) is 5. The summed E-state index contributed by atoms with van der Waals surface area (Å²) in [4.78, 5) is 4.32. The van der Waals surface area contributed by atoms with Gasteiger partial charge in [0.15, 0.2) is 11.6 Å². The van der Waals surface area contributed by atoms with Crippen LogP contribution in [0, 0.1) is 28.8 Å². The summed E-state index contributed by atoms with van der Waals surface area (Å²) in [5.41, 5.74) is 2.72. The summed E-state index contributed by atoms with van der Waals surface area (Å²) in [6.07, 6.45) is 3.01. The van der Waals surface area contributed by atoms with E-state index in [-0.39, 0.29) is 15.6 Å². The van der Waals surface area contributed by atoms with Crippen LogP contribution in [-0.4, -0.2) is 20.0 Å². The summed E-state index contributed by atoms with van der Waals surface area (Å²) in [6.45, 7) is 0. The van der Waals surface area contributed by atoms with Gasteiger partial charge in [-0.3, -0.25) is 9.67 Å². The average molecular weight is 554 g/mol. The van der Waals surface area contributed by atoms with Crippen LogP contribution in [0.25, 0.3) is 10.9 Å². The van der Waals surface area contributed by atoms with E-state index in [1.165, 1.54) is 35.1 Å². The molecular formula is C26H16Cl2F3N7. The lowest BCUT2D eigenvalue weighted by Gasteiger charge is -2.20. The molecule has 2 aromatic heterocycles. The lowest BCUT2D eigenvalue weighted by atomic mass is 10.0. The second-order valence-corrected chi connectivity index (χ2v) is 9.15. The van der Waals surface area contributed by atoms with Crippen LogP contribution < -0.4 is 10.6 Å². The molecule has 5 aromatic rings. The normalized spacial score (nSPS) is 11.8. The van der Waals surface area contributed by atoms with Crippen LogP contribution in [0.1, 0.15) is 22.9 Å². The number of halogens is 5. The largest absolute Gasteiger partial charge is 0.373 e. The first-order valence-corrected chi connectivity index (χ1v) is 11.8. The highest BCUT2D eigenvalue weighted by Gasteiger charge is 2.21. The van der Waals surface area contributed by atoms with E-state index in [0.29, 0.717) is 39.2 Å². The van der Waals surface area contributed by atoms with Crippen molar-refractivity contribution in [2.45, 2.75) is 6.04 Å². The molecule has 1 unspecified atom stereocenters. The summed E-state index contributed by atoms with van der Waals surface area (Å²) < 4.78 is 42.9. The van der Waals surface area contributed by atoms with Gasteiger partial charge < -0.3 is 10.6 Å². The van der Waals surface area contributed by atoms with Crippen molar-refractivity contribution >= 4 is 51.2 Å². The molecule has 12 heteroatoms. The molecule has 0 fully saturated rings. The lowest BCUT2D eigenvalue weighted by molar-refractivity contribution is 0.506. The molecule has 2 N–H and O–H groups in total. The Kier molecular flexibility index (Phi) is 6.80. The Bertz CT molecular complexity index is 1730. The Morgan fingerprint density at radius 1 is 0.947 bits per heavy atom. The minimum atomic E-state index is -1.01. The molecule has 0 saturated carbocycles. The third-order valence-corrected chi connectivity index (χ3v) is 6.32. The summed E-state index contributed by atoms with van der Waals surface area (Å²) in [5, 5.41) is 24.8. The molecule has 0 radical (unpaired) electrons. The fraction of sp³-hybridized carbons (Fsp3) is 0.0769. The number of hydrogen-bond donors (Lipinski definition) is 2. The Balaban J connectivity index is 1.62. The molecule has 0 aliphatic carbocycles. The van der Waals surface area contributed by atoms with Crippen LogP contribution in [-0.2, 0) is 7.05 Å².